The Bertz CT molecular complexity index is 721. The Morgan fingerprint density at radius 2 is 1.50 bits per heavy atom. The molecule has 0 atom stereocenters. The van der Waals surface area contributed by atoms with E-state index < -0.39 is 11.7 Å². The number of halogens is 3. The summed E-state index contributed by atoms with van der Waals surface area (Å²) in [5.41, 5.74) is 0.853. The maximum atomic E-state index is 12.6. The molecule has 1 heterocycles. The predicted molar refractivity (Wildman–Crippen MR) is 93.9 cm³/mol. The molecule has 138 valence electrons. The van der Waals surface area contributed by atoms with E-state index in [1.54, 1.807) is 4.90 Å². The highest BCUT2D eigenvalue weighted by molar-refractivity contribution is 5.94. The van der Waals surface area contributed by atoms with Gasteiger partial charge in [-0.3, -0.25) is 9.69 Å². The summed E-state index contributed by atoms with van der Waals surface area (Å²) in [5.74, 6) is -0.207. The molecule has 0 aromatic heterocycles. The number of benzene rings is 2. The SMILES string of the molecule is O=C(c1ccc(C(F)(F)F)cc1)N1CCN(CCc2ccccc2)CC1. The fourth-order valence-electron chi connectivity index (χ4n) is 3.09. The summed E-state index contributed by atoms with van der Waals surface area (Å²) in [7, 11) is 0. The molecule has 0 bridgehead atoms. The first-order chi connectivity index (χ1) is 12.4. The van der Waals surface area contributed by atoms with Crippen LogP contribution in [0.1, 0.15) is 21.5 Å². The van der Waals surface area contributed by atoms with Crippen LogP contribution in [-0.4, -0.2) is 48.4 Å². The molecule has 2 aromatic rings. The Balaban J connectivity index is 1.50. The standard InChI is InChI=1S/C20H21F3N2O/c21-20(22,23)18-8-6-17(7-9-18)19(26)25-14-12-24(13-15-25)11-10-16-4-2-1-3-5-16/h1-9H,10-15H2. The highest BCUT2D eigenvalue weighted by atomic mass is 19.4. The molecule has 0 saturated carbocycles. The molecule has 1 aliphatic rings. The lowest BCUT2D eigenvalue weighted by atomic mass is 10.1. The second-order valence-corrected chi connectivity index (χ2v) is 6.44. The fraction of sp³-hybridized carbons (Fsp3) is 0.350. The van der Waals surface area contributed by atoms with Crippen LogP contribution >= 0.6 is 0 Å². The molecule has 0 N–H and O–H groups in total. The van der Waals surface area contributed by atoms with Gasteiger partial charge in [-0.05, 0) is 36.2 Å². The summed E-state index contributed by atoms with van der Waals surface area (Å²) in [6.45, 7) is 3.67. The van der Waals surface area contributed by atoms with Crippen molar-refractivity contribution in [2.45, 2.75) is 12.6 Å². The number of carbonyl (C=O) groups is 1. The zero-order valence-corrected chi connectivity index (χ0v) is 14.4. The van der Waals surface area contributed by atoms with Crippen LogP contribution in [-0.2, 0) is 12.6 Å². The van der Waals surface area contributed by atoms with Crippen LogP contribution in [0.3, 0.4) is 0 Å². The van der Waals surface area contributed by atoms with Gasteiger partial charge in [-0.1, -0.05) is 30.3 Å². The van der Waals surface area contributed by atoms with E-state index in [-0.39, 0.29) is 5.91 Å². The number of carbonyl (C=O) groups excluding carboxylic acids is 1. The quantitative estimate of drug-likeness (QED) is 0.828. The van der Waals surface area contributed by atoms with Gasteiger partial charge in [-0.15, -0.1) is 0 Å². The van der Waals surface area contributed by atoms with Crippen molar-refractivity contribution in [2.75, 3.05) is 32.7 Å². The number of piperazine rings is 1. The van der Waals surface area contributed by atoms with Gasteiger partial charge >= 0.3 is 6.18 Å². The van der Waals surface area contributed by atoms with Gasteiger partial charge in [0.25, 0.3) is 5.91 Å². The minimum Gasteiger partial charge on any atom is -0.336 e. The maximum Gasteiger partial charge on any atom is 0.416 e. The van der Waals surface area contributed by atoms with Gasteiger partial charge in [0, 0.05) is 38.3 Å². The summed E-state index contributed by atoms with van der Waals surface area (Å²) in [4.78, 5) is 16.5. The largest absolute Gasteiger partial charge is 0.416 e. The van der Waals surface area contributed by atoms with Crippen LogP contribution in [0.15, 0.2) is 54.6 Å². The summed E-state index contributed by atoms with van der Waals surface area (Å²) in [6, 6.07) is 14.7. The van der Waals surface area contributed by atoms with Crippen LogP contribution in [0.2, 0.25) is 0 Å². The molecule has 2 aromatic carbocycles. The van der Waals surface area contributed by atoms with E-state index in [1.165, 1.54) is 17.7 Å². The molecule has 26 heavy (non-hydrogen) atoms. The first-order valence-corrected chi connectivity index (χ1v) is 8.66. The molecule has 0 spiro atoms. The van der Waals surface area contributed by atoms with Crippen molar-refractivity contribution in [3.63, 3.8) is 0 Å². The molecule has 0 radical (unpaired) electrons. The first kappa shape index (κ1) is 18.5. The van der Waals surface area contributed by atoms with Crippen molar-refractivity contribution in [3.05, 3.63) is 71.3 Å². The van der Waals surface area contributed by atoms with E-state index in [4.69, 9.17) is 0 Å². The Kier molecular flexibility index (Phi) is 5.61. The summed E-state index contributed by atoms with van der Waals surface area (Å²) in [6.07, 6.45) is -3.42. The Morgan fingerprint density at radius 3 is 2.08 bits per heavy atom. The third kappa shape index (κ3) is 4.64. The van der Waals surface area contributed by atoms with E-state index in [9.17, 15) is 18.0 Å². The predicted octanol–water partition coefficient (Wildman–Crippen LogP) is 3.71. The van der Waals surface area contributed by atoms with E-state index in [1.807, 2.05) is 18.2 Å². The van der Waals surface area contributed by atoms with Crippen LogP contribution < -0.4 is 0 Å². The molecule has 3 nitrogen and oxygen atoms in total. The molecule has 1 fully saturated rings. The zero-order chi connectivity index (χ0) is 18.6. The van der Waals surface area contributed by atoms with Crippen LogP contribution in [0.5, 0.6) is 0 Å². The molecule has 0 aliphatic carbocycles. The molecule has 6 heteroatoms. The zero-order valence-electron chi connectivity index (χ0n) is 14.4. The van der Waals surface area contributed by atoms with Crippen molar-refractivity contribution in [1.29, 1.82) is 0 Å². The topological polar surface area (TPSA) is 23.6 Å². The van der Waals surface area contributed by atoms with Crippen LogP contribution in [0.25, 0.3) is 0 Å². The lowest BCUT2D eigenvalue weighted by molar-refractivity contribution is -0.137. The van der Waals surface area contributed by atoms with E-state index in [0.29, 0.717) is 18.7 Å². The molecule has 1 amide bonds. The van der Waals surface area contributed by atoms with E-state index in [0.717, 1.165) is 38.2 Å². The average molecular weight is 362 g/mol. The number of alkyl halides is 3. The summed E-state index contributed by atoms with van der Waals surface area (Å²) >= 11 is 0. The number of hydrogen-bond acceptors (Lipinski definition) is 2. The minimum absolute atomic E-state index is 0.207. The van der Waals surface area contributed by atoms with Gasteiger partial charge in [0.1, 0.15) is 0 Å². The van der Waals surface area contributed by atoms with Crippen molar-refractivity contribution in [3.8, 4) is 0 Å². The molecule has 0 unspecified atom stereocenters. The summed E-state index contributed by atoms with van der Waals surface area (Å²) in [5, 5.41) is 0. The van der Waals surface area contributed by atoms with Crippen molar-refractivity contribution in [1.82, 2.24) is 9.80 Å². The van der Waals surface area contributed by atoms with Gasteiger partial charge < -0.3 is 4.90 Å². The third-order valence-corrected chi connectivity index (χ3v) is 4.68. The van der Waals surface area contributed by atoms with E-state index in [2.05, 4.69) is 17.0 Å². The highest BCUT2D eigenvalue weighted by Crippen LogP contribution is 2.29. The minimum atomic E-state index is -4.38. The molecular formula is C20H21F3N2O. The van der Waals surface area contributed by atoms with Gasteiger partial charge in [0.15, 0.2) is 0 Å². The normalized spacial score (nSPS) is 15.9. The monoisotopic (exact) mass is 362 g/mol. The van der Waals surface area contributed by atoms with Crippen molar-refractivity contribution >= 4 is 5.91 Å². The van der Waals surface area contributed by atoms with Crippen LogP contribution in [0, 0.1) is 0 Å². The second kappa shape index (κ2) is 7.91. The number of rotatable bonds is 4. The average Bonchev–Trinajstić information content (AvgIpc) is 2.66. The molecule has 1 aliphatic heterocycles. The van der Waals surface area contributed by atoms with Crippen molar-refractivity contribution in [2.24, 2.45) is 0 Å². The molecule has 1 saturated heterocycles. The number of nitrogens with zero attached hydrogens (tertiary/aromatic N) is 2. The highest BCUT2D eigenvalue weighted by Gasteiger charge is 2.30. The summed E-state index contributed by atoms with van der Waals surface area (Å²) < 4.78 is 37.8. The Labute approximate surface area is 151 Å². The second-order valence-electron chi connectivity index (χ2n) is 6.44. The third-order valence-electron chi connectivity index (χ3n) is 4.68. The lowest BCUT2D eigenvalue weighted by Gasteiger charge is -2.34. The Hall–Kier alpha value is -2.34. The van der Waals surface area contributed by atoms with Crippen molar-refractivity contribution < 1.29 is 18.0 Å². The fourth-order valence-corrected chi connectivity index (χ4v) is 3.09. The van der Waals surface area contributed by atoms with E-state index >= 15 is 0 Å². The number of hydrogen-bond donors (Lipinski definition) is 0. The molecular weight excluding hydrogens is 341 g/mol. The molecule has 3 rings (SSSR count). The maximum absolute atomic E-state index is 12.6. The number of amides is 1. The first-order valence-electron chi connectivity index (χ1n) is 8.66. The Morgan fingerprint density at radius 1 is 0.885 bits per heavy atom. The lowest BCUT2D eigenvalue weighted by Crippen LogP contribution is -2.49. The van der Waals surface area contributed by atoms with Gasteiger partial charge in [0.2, 0.25) is 0 Å². The smallest absolute Gasteiger partial charge is 0.336 e. The van der Waals surface area contributed by atoms with Gasteiger partial charge in [0.05, 0.1) is 5.56 Å². The van der Waals surface area contributed by atoms with Gasteiger partial charge in [-0.25, -0.2) is 0 Å². The van der Waals surface area contributed by atoms with Gasteiger partial charge in [-0.2, -0.15) is 13.2 Å². The van der Waals surface area contributed by atoms with Crippen LogP contribution in [0.4, 0.5) is 13.2 Å².